The van der Waals surface area contributed by atoms with E-state index < -0.39 is 24.3 Å². The molecule has 0 aliphatic carbocycles. The first kappa shape index (κ1) is 33.6. The number of carboxylic acids is 2. The van der Waals surface area contributed by atoms with Crippen LogP contribution in [-0.2, 0) is 26.5 Å². The van der Waals surface area contributed by atoms with Gasteiger partial charge in [-0.3, -0.25) is 9.69 Å². The first-order valence-electron chi connectivity index (χ1n) is 12.7. The van der Waals surface area contributed by atoms with E-state index in [1.54, 1.807) is 0 Å². The molecule has 1 aromatic heterocycles. The molecule has 0 unspecified atom stereocenters. The lowest BCUT2D eigenvalue weighted by molar-refractivity contribution is -0.193. The predicted molar refractivity (Wildman–Crippen MR) is 135 cm³/mol. The number of halogens is 6. The largest absolute Gasteiger partial charge is 0.490 e. The van der Waals surface area contributed by atoms with Gasteiger partial charge in [0.15, 0.2) is 0 Å². The maximum Gasteiger partial charge on any atom is 0.490 e. The molecule has 4 rings (SSSR count). The first-order valence-corrected chi connectivity index (χ1v) is 12.7. The lowest BCUT2D eigenvalue weighted by Crippen LogP contribution is -2.58. The molecule has 0 radical (unpaired) electrons. The van der Waals surface area contributed by atoms with E-state index in [0.717, 1.165) is 45.6 Å². The van der Waals surface area contributed by atoms with Gasteiger partial charge < -0.3 is 19.7 Å². The number of hydrogen-bond acceptors (Lipinski definition) is 5. The average Bonchev–Trinajstić information content (AvgIpc) is 3.34. The smallest absolute Gasteiger partial charge is 0.475 e. The van der Waals surface area contributed by atoms with Gasteiger partial charge in [-0.1, -0.05) is 51.1 Å². The van der Waals surface area contributed by atoms with Gasteiger partial charge >= 0.3 is 24.3 Å². The maximum absolute atomic E-state index is 12.4. The zero-order chi connectivity index (χ0) is 31.2. The number of rotatable bonds is 3. The molecular formula is C26H32F6N4O5. The van der Waals surface area contributed by atoms with Crippen LogP contribution in [-0.4, -0.2) is 85.9 Å². The Morgan fingerprint density at radius 1 is 0.902 bits per heavy atom. The number of likely N-dealkylation sites (N-methyl/N-ethyl adjacent to an activating group) is 1. The van der Waals surface area contributed by atoms with Gasteiger partial charge in [0.05, 0.1) is 17.4 Å². The molecule has 41 heavy (non-hydrogen) atoms. The number of amides is 1. The summed E-state index contributed by atoms with van der Waals surface area (Å²) in [6, 6.07) is 10.5. The van der Waals surface area contributed by atoms with Crippen molar-refractivity contribution in [3.63, 3.8) is 0 Å². The third kappa shape index (κ3) is 8.21. The van der Waals surface area contributed by atoms with E-state index in [0.29, 0.717) is 0 Å². The van der Waals surface area contributed by atoms with Gasteiger partial charge in [0.25, 0.3) is 0 Å². The molecule has 0 saturated carbocycles. The molecule has 3 heterocycles. The lowest BCUT2D eigenvalue weighted by Gasteiger charge is -2.51. The van der Waals surface area contributed by atoms with Gasteiger partial charge in [-0.15, -0.1) is 0 Å². The Labute approximate surface area is 232 Å². The summed E-state index contributed by atoms with van der Waals surface area (Å²) < 4.78 is 65.9. The number of aromatic nitrogens is 2. The number of carboxylic acid groups (broad SMARTS) is 2. The second kappa shape index (κ2) is 13.4. The minimum absolute atomic E-state index is 0.0478. The summed E-state index contributed by atoms with van der Waals surface area (Å²) in [5.41, 5.74) is 2.39. The summed E-state index contributed by atoms with van der Waals surface area (Å²) in [6.07, 6.45) is -6.20. The number of fused-ring (bicyclic) bond motifs is 2. The summed E-state index contributed by atoms with van der Waals surface area (Å²) in [4.78, 5) is 39.8. The van der Waals surface area contributed by atoms with Gasteiger partial charge in [0, 0.05) is 32.1 Å². The Hall–Kier alpha value is -3.62. The van der Waals surface area contributed by atoms with Gasteiger partial charge in [-0.2, -0.15) is 26.3 Å². The molecule has 1 aromatic carbocycles. The summed E-state index contributed by atoms with van der Waals surface area (Å²) in [6.45, 7) is 10.9. The number of benzene rings is 1. The Balaban J connectivity index is 0.000000349. The minimum Gasteiger partial charge on any atom is -0.475 e. The molecule has 2 N–H and O–H groups in total. The van der Waals surface area contributed by atoms with E-state index in [2.05, 4.69) is 46.7 Å². The fourth-order valence-corrected chi connectivity index (χ4v) is 4.85. The first-order chi connectivity index (χ1) is 19.0. The van der Waals surface area contributed by atoms with E-state index in [1.165, 1.54) is 17.1 Å². The fraction of sp³-hybridized carbons (Fsp3) is 0.538. The van der Waals surface area contributed by atoms with Crippen molar-refractivity contribution in [1.29, 1.82) is 0 Å². The van der Waals surface area contributed by atoms with Gasteiger partial charge in [-0.05, 0) is 24.9 Å². The topological polar surface area (TPSA) is 116 Å². The minimum atomic E-state index is -5.08. The highest BCUT2D eigenvalue weighted by atomic mass is 19.4. The number of imidazole rings is 1. The van der Waals surface area contributed by atoms with Crippen LogP contribution in [0.1, 0.15) is 39.4 Å². The Morgan fingerprint density at radius 2 is 1.39 bits per heavy atom. The van der Waals surface area contributed by atoms with Crippen LogP contribution in [0.15, 0.2) is 36.5 Å². The van der Waals surface area contributed by atoms with E-state index in [4.69, 9.17) is 24.8 Å². The Bertz CT molecular complexity index is 1170. The molecule has 0 bridgehead atoms. The quantitative estimate of drug-likeness (QED) is 0.498. The van der Waals surface area contributed by atoms with Crippen LogP contribution >= 0.6 is 0 Å². The number of hydrogen-bond donors (Lipinski definition) is 2. The SMILES string of the molecule is CCN1CCn2c(-c3ccccc3)cnc2C12CCN(C(=O)C(C)C)CC2.O=C(O)C(F)(F)F.O=C(O)C(F)(F)F. The van der Waals surface area contributed by atoms with Crippen molar-refractivity contribution >= 4 is 17.8 Å². The second-order valence-electron chi connectivity index (χ2n) is 9.68. The molecule has 9 nitrogen and oxygen atoms in total. The summed E-state index contributed by atoms with van der Waals surface area (Å²) >= 11 is 0. The molecule has 1 saturated heterocycles. The monoisotopic (exact) mass is 594 g/mol. The van der Waals surface area contributed by atoms with Crippen molar-refractivity contribution in [3.05, 3.63) is 42.4 Å². The second-order valence-corrected chi connectivity index (χ2v) is 9.68. The zero-order valence-electron chi connectivity index (χ0n) is 22.7. The number of nitrogens with zero attached hydrogens (tertiary/aromatic N) is 4. The fourth-order valence-electron chi connectivity index (χ4n) is 4.85. The Morgan fingerprint density at radius 3 is 1.80 bits per heavy atom. The van der Waals surface area contributed by atoms with Gasteiger partial charge in [0.2, 0.25) is 5.91 Å². The van der Waals surface area contributed by atoms with Crippen LogP contribution in [0.3, 0.4) is 0 Å². The zero-order valence-corrected chi connectivity index (χ0v) is 22.7. The molecule has 15 heteroatoms. The van der Waals surface area contributed by atoms with Crippen molar-refractivity contribution in [3.8, 4) is 11.3 Å². The summed E-state index contributed by atoms with van der Waals surface area (Å²) in [5, 5.41) is 14.2. The molecular weight excluding hydrogens is 562 g/mol. The number of alkyl halides is 6. The molecule has 228 valence electrons. The van der Waals surface area contributed by atoms with Crippen molar-refractivity contribution in [2.75, 3.05) is 26.2 Å². The molecule has 2 aliphatic rings. The van der Waals surface area contributed by atoms with Crippen molar-refractivity contribution in [2.24, 2.45) is 5.92 Å². The third-order valence-electron chi connectivity index (χ3n) is 6.80. The van der Waals surface area contributed by atoms with Gasteiger partial charge in [0.1, 0.15) is 5.82 Å². The average molecular weight is 595 g/mol. The van der Waals surface area contributed by atoms with E-state index >= 15 is 0 Å². The number of likely N-dealkylation sites (tertiary alicyclic amines) is 1. The normalized spacial score (nSPS) is 16.7. The maximum atomic E-state index is 12.4. The van der Waals surface area contributed by atoms with E-state index in [1.807, 2.05) is 24.9 Å². The molecule has 1 amide bonds. The number of piperidine rings is 1. The van der Waals surface area contributed by atoms with Crippen LogP contribution in [0.4, 0.5) is 26.3 Å². The molecule has 0 atom stereocenters. The predicted octanol–water partition coefficient (Wildman–Crippen LogP) is 4.63. The number of aliphatic carboxylic acids is 2. The van der Waals surface area contributed by atoms with Crippen LogP contribution < -0.4 is 0 Å². The van der Waals surface area contributed by atoms with E-state index in [9.17, 15) is 31.1 Å². The third-order valence-corrected chi connectivity index (χ3v) is 6.80. The van der Waals surface area contributed by atoms with Crippen LogP contribution in [0.2, 0.25) is 0 Å². The van der Waals surface area contributed by atoms with Crippen molar-refractivity contribution < 1.29 is 50.9 Å². The highest BCUT2D eigenvalue weighted by molar-refractivity contribution is 5.78. The molecule has 1 fully saturated rings. The number of carbonyl (C=O) groups excluding carboxylic acids is 1. The molecule has 2 aromatic rings. The number of carbonyl (C=O) groups is 3. The van der Waals surface area contributed by atoms with Gasteiger partial charge in [-0.25, -0.2) is 14.6 Å². The van der Waals surface area contributed by atoms with Crippen LogP contribution in [0.5, 0.6) is 0 Å². The van der Waals surface area contributed by atoms with Crippen LogP contribution in [0.25, 0.3) is 11.3 Å². The molecule has 1 spiro atoms. The summed E-state index contributed by atoms with van der Waals surface area (Å²) in [5.74, 6) is -3.98. The Kier molecular flexibility index (Phi) is 10.9. The van der Waals surface area contributed by atoms with Crippen molar-refractivity contribution in [2.45, 2.75) is 58.0 Å². The van der Waals surface area contributed by atoms with Crippen molar-refractivity contribution in [1.82, 2.24) is 19.4 Å². The van der Waals surface area contributed by atoms with Crippen LogP contribution in [0, 0.1) is 5.92 Å². The lowest BCUT2D eigenvalue weighted by atomic mass is 9.82. The van der Waals surface area contributed by atoms with E-state index in [-0.39, 0.29) is 17.4 Å². The highest BCUT2D eigenvalue weighted by Crippen LogP contribution is 2.42. The molecule has 2 aliphatic heterocycles. The summed E-state index contributed by atoms with van der Waals surface area (Å²) in [7, 11) is 0. The standard InChI is InChI=1S/C22H30N4O.2C2HF3O2/c1-4-25-14-15-26-19(18-8-6-5-7-9-18)16-23-21(26)22(25)10-12-24(13-11-22)20(27)17(2)3;2*3-2(4,5)1(6)7/h5-9,16-17H,4,10-15H2,1-3H3;2*(H,6,7). The highest BCUT2D eigenvalue weighted by Gasteiger charge is 2.47.